The number of carbonyl (C=O) groups excluding carboxylic acids is 2. The van der Waals surface area contributed by atoms with Crippen molar-refractivity contribution in [2.45, 2.75) is 123 Å². The molecule has 0 spiro atoms. The van der Waals surface area contributed by atoms with Gasteiger partial charge in [-0.05, 0) is 6.42 Å². The van der Waals surface area contributed by atoms with Crippen LogP contribution in [0.2, 0.25) is 0 Å². The Labute approximate surface area is 150 Å². The van der Waals surface area contributed by atoms with E-state index >= 15 is 0 Å². The van der Waals surface area contributed by atoms with Crippen LogP contribution >= 0.6 is 0 Å². The Morgan fingerprint density at radius 2 is 0.917 bits per heavy atom. The number of hydrogen-bond acceptors (Lipinski definition) is 2. The number of hydrogen-bond donors (Lipinski definition) is 1. The van der Waals surface area contributed by atoms with Crippen LogP contribution < -0.4 is 5.32 Å². The summed E-state index contributed by atoms with van der Waals surface area (Å²) in [6.45, 7) is 4.03. The van der Waals surface area contributed by atoms with E-state index in [0.29, 0.717) is 12.8 Å². The predicted molar refractivity (Wildman–Crippen MR) is 103 cm³/mol. The fourth-order valence-corrected chi connectivity index (χ4v) is 2.96. The standard InChI is InChI=1S/C21H41NO2/c1-3-5-6-7-8-9-10-11-12-13-14-15-16-17-18-19-21(24)22-20(23)4-2/h3-19H2,1-2H3,(H,22,23,24). The van der Waals surface area contributed by atoms with Gasteiger partial charge in [-0.1, -0.05) is 104 Å². The van der Waals surface area contributed by atoms with Gasteiger partial charge in [0, 0.05) is 12.8 Å². The summed E-state index contributed by atoms with van der Waals surface area (Å²) in [5.74, 6) is -0.280. The first-order valence-corrected chi connectivity index (χ1v) is 10.5. The van der Waals surface area contributed by atoms with E-state index in [4.69, 9.17) is 0 Å². The van der Waals surface area contributed by atoms with Crippen molar-refractivity contribution in [2.24, 2.45) is 0 Å². The molecule has 0 fully saturated rings. The Morgan fingerprint density at radius 1 is 0.542 bits per heavy atom. The minimum atomic E-state index is -0.166. The van der Waals surface area contributed by atoms with Crippen LogP contribution in [0.15, 0.2) is 0 Å². The third kappa shape index (κ3) is 17.5. The second-order valence-electron chi connectivity index (χ2n) is 7.02. The summed E-state index contributed by atoms with van der Waals surface area (Å²) in [5.41, 5.74) is 0. The van der Waals surface area contributed by atoms with Gasteiger partial charge >= 0.3 is 0 Å². The Morgan fingerprint density at radius 3 is 1.29 bits per heavy atom. The summed E-state index contributed by atoms with van der Waals surface area (Å²) in [5, 5.41) is 2.40. The van der Waals surface area contributed by atoms with Crippen molar-refractivity contribution in [1.82, 2.24) is 5.32 Å². The Kier molecular flexibility index (Phi) is 17.8. The molecule has 2 amide bonds. The van der Waals surface area contributed by atoms with Gasteiger partial charge in [0.05, 0.1) is 0 Å². The molecule has 0 bridgehead atoms. The smallest absolute Gasteiger partial charge is 0.226 e. The molecule has 0 saturated carbocycles. The molecule has 1 N–H and O–H groups in total. The van der Waals surface area contributed by atoms with Gasteiger partial charge in [-0.2, -0.15) is 0 Å². The second-order valence-corrected chi connectivity index (χ2v) is 7.02. The summed E-state index contributed by atoms with van der Waals surface area (Å²) in [7, 11) is 0. The molecule has 0 atom stereocenters. The minimum absolute atomic E-state index is 0.114. The largest absolute Gasteiger partial charge is 0.296 e. The molecule has 0 aromatic carbocycles. The third-order valence-corrected chi connectivity index (χ3v) is 4.61. The molecular weight excluding hydrogens is 298 g/mol. The first-order chi connectivity index (χ1) is 11.7. The Hall–Kier alpha value is -0.860. The molecule has 0 radical (unpaired) electrons. The van der Waals surface area contributed by atoms with Crippen molar-refractivity contribution in [3.63, 3.8) is 0 Å². The highest BCUT2D eigenvalue weighted by molar-refractivity contribution is 5.94. The Bertz CT molecular complexity index is 302. The van der Waals surface area contributed by atoms with E-state index in [0.717, 1.165) is 12.8 Å². The van der Waals surface area contributed by atoms with E-state index in [1.807, 2.05) is 0 Å². The van der Waals surface area contributed by atoms with Gasteiger partial charge in [-0.25, -0.2) is 0 Å². The highest BCUT2D eigenvalue weighted by Crippen LogP contribution is 2.13. The van der Waals surface area contributed by atoms with E-state index in [2.05, 4.69) is 12.2 Å². The third-order valence-electron chi connectivity index (χ3n) is 4.61. The molecule has 0 saturated heterocycles. The fourth-order valence-electron chi connectivity index (χ4n) is 2.96. The van der Waals surface area contributed by atoms with Crippen LogP contribution in [0.25, 0.3) is 0 Å². The molecule has 0 aromatic heterocycles. The average molecular weight is 340 g/mol. The van der Waals surface area contributed by atoms with Crippen LogP contribution in [0, 0.1) is 0 Å². The molecule has 0 rings (SSSR count). The minimum Gasteiger partial charge on any atom is -0.296 e. The van der Waals surface area contributed by atoms with E-state index < -0.39 is 0 Å². The van der Waals surface area contributed by atoms with Gasteiger partial charge in [-0.3, -0.25) is 14.9 Å². The molecule has 0 aromatic rings. The maximum Gasteiger partial charge on any atom is 0.226 e. The number of rotatable bonds is 17. The monoisotopic (exact) mass is 339 g/mol. The number of carbonyl (C=O) groups is 2. The van der Waals surface area contributed by atoms with E-state index in [1.165, 1.54) is 83.5 Å². The lowest BCUT2D eigenvalue weighted by Crippen LogP contribution is -2.29. The van der Waals surface area contributed by atoms with Crippen molar-refractivity contribution in [1.29, 1.82) is 0 Å². The lowest BCUT2D eigenvalue weighted by molar-refractivity contribution is -0.130. The van der Waals surface area contributed by atoms with Crippen molar-refractivity contribution < 1.29 is 9.59 Å². The molecule has 142 valence electrons. The van der Waals surface area contributed by atoms with Crippen LogP contribution in [0.5, 0.6) is 0 Å². The summed E-state index contributed by atoms with van der Waals surface area (Å²) >= 11 is 0. The summed E-state index contributed by atoms with van der Waals surface area (Å²) in [6.07, 6.45) is 20.7. The van der Waals surface area contributed by atoms with Crippen molar-refractivity contribution in [3.8, 4) is 0 Å². The summed E-state index contributed by atoms with van der Waals surface area (Å²) < 4.78 is 0. The van der Waals surface area contributed by atoms with Crippen molar-refractivity contribution in [2.75, 3.05) is 0 Å². The zero-order valence-corrected chi connectivity index (χ0v) is 16.3. The lowest BCUT2D eigenvalue weighted by atomic mass is 10.0. The fraction of sp³-hybridized carbons (Fsp3) is 0.905. The quantitative estimate of drug-likeness (QED) is 0.316. The van der Waals surface area contributed by atoms with Crippen molar-refractivity contribution in [3.05, 3.63) is 0 Å². The molecule has 0 heterocycles. The number of nitrogens with one attached hydrogen (secondary N) is 1. The molecule has 0 aliphatic carbocycles. The molecule has 3 nitrogen and oxygen atoms in total. The normalized spacial score (nSPS) is 10.8. The maximum atomic E-state index is 11.4. The number of unbranched alkanes of at least 4 members (excludes halogenated alkanes) is 14. The molecule has 0 unspecified atom stereocenters. The zero-order valence-electron chi connectivity index (χ0n) is 16.3. The first kappa shape index (κ1) is 23.1. The summed E-state index contributed by atoms with van der Waals surface area (Å²) in [4.78, 5) is 22.5. The molecule has 3 heteroatoms. The van der Waals surface area contributed by atoms with Crippen LogP contribution in [-0.4, -0.2) is 11.8 Å². The predicted octanol–water partition coefficient (Wildman–Crippen LogP) is 6.30. The van der Waals surface area contributed by atoms with Crippen LogP contribution in [-0.2, 0) is 9.59 Å². The molecular formula is C21H41NO2. The van der Waals surface area contributed by atoms with Crippen LogP contribution in [0.4, 0.5) is 0 Å². The van der Waals surface area contributed by atoms with Crippen LogP contribution in [0.1, 0.15) is 123 Å². The molecule has 24 heavy (non-hydrogen) atoms. The lowest BCUT2D eigenvalue weighted by Gasteiger charge is -2.04. The SMILES string of the molecule is CCCCCCCCCCCCCCCCCC(=O)NC(=O)CC. The van der Waals surface area contributed by atoms with Gasteiger partial charge in [0.15, 0.2) is 0 Å². The zero-order chi connectivity index (χ0) is 17.9. The molecule has 0 aliphatic heterocycles. The van der Waals surface area contributed by atoms with Gasteiger partial charge in [0.25, 0.3) is 0 Å². The van der Waals surface area contributed by atoms with Crippen molar-refractivity contribution >= 4 is 11.8 Å². The Balaban J connectivity index is 3.12. The number of imide groups is 1. The van der Waals surface area contributed by atoms with E-state index in [-0.39, 0.29) is 11.8 Å². The average Bonchev–Trinajstić information content (AvgIpc) is 2.58. The van der Waals surface area contributed by atoms with Gasteiger partial charge in [-0.15, -0.1) is 0 Å². The van der Waals surface area contributed by atoms with Crippen LogP contribution in [0.3, 0.4) is 0 Å². The van der Waals surface area contributed by atoms with E-state index in [9.17, 15) is 9.59 Å². The maximum absolute atomic E-state index is 11.4. The topological polar surface area (TPSA) is 46.2 Å². The van der Waals surface area contributed by atoms with Gasteiger partial charge in [0.2, 0.25) is 11.8 Å². The second kappa shape index (κ2) is 18.5. The van der Waals surface area contributed by atoms with Gasteiger partial charge in [0.1, 0.15) is 0 Å². The molecule has 0 aliphatic rings. The van der Waals surface area contributed by atoms with Gasteiger partial charge < -0.3 is 0 Å². The summed E-state index contributed by atoms with van der Waals surface area (Å²) in [6, 6.07) is 0. The first-order valence-electron chi connectivity index (χ1n) is 10.5. The number of amides is 2. The highest BCUT2D eigenvalue weighted by atomic mass is 16.2. The van der Waals surface area contributed by atoms with E-state index in [1.54, 1.807) is 6.92 Å². The highest BCUT2D eigenvalue weighted by Gasteiger charge is 2.04.